The van der Waals surface area contributed by atoms with Gasteiger partial charge in [-0.2, -0.15) is 0 Å². The predicted octanol–water partition coefficient (Wildman–Crippen LogP) is 1.64. The second-order valence-electron chi connectivity index (χ2n) is 5.38. The average Bonchev–Trinajstić information content (AvgIpc) is 2.86. The van der Waals surface area contributed by atoms with E-state index in [1.54, 1.807) is 0 Å². The van der Waals surface area contributed by atoms with E-state index < -0.39 is 0 Å². The van der Waals surface area contributed by atoms with Crippen LogP contribution in [-0.4, -0.2) is 16.1 Å². The SMILES string of the molecule is Cc1nc2c(n1CC1(C)CC1)CCNC2. The second kappa shape index (κ2) is 3.08. The van der Waals surface area contributed by atoms with Gasteiger partial charge in [-0.25, -0.2) is 4.98 Å². The maximum atomic E-state index is 4.66. The summed E-state index contributed by atoms with van der Waals surface area (Å²) in [6.45, 7) is 7.78. The molecule has 1 aliphatic carbocycles. The Balaban J connectivity index is 1.95. The molecule has 0 aromatic carbocycles. The zero-order valence-electron chi connectivity index (χ0n) is 9.64. The first-order chi connectivity index (χ1) is 7.18. The van der Waals surface area contributed by atoms with Gasteiger partial charge in [-0.1, -0.05) is 6.92 Å². The van der Waals surface area contributed by atoms with E-state index in [2.05, 4.69) is 28.7 Å². The third-order valence-corrected chi connectivity index (χ3v) is 3.82. The molecule has 1 aromatic rings. The molecule has 3 heteroatoms. The number of hydrogen-bond acceptors (Lipinski definition) is 2. The van der Waals surface area contributed by atoms with Crippen molar-refractivity contribution in [2.75, 3.05) is 6.54 Å². The van der Waals surface area contributed by atoms with Gasteiger partial charge in [0.25, 0.3) is 0 Å². The topological polar surface area (TPSA) is 29.9 Å². The quantitative estimate of drug-likeness (QED) is 0.795. The van der Waals surface area contributed by atoms with Crippen LogP contribution in [0.15, 0.2) is 0 Å². The van der Waals surface area contributed by atoms with Crippen LogP contribution in [0.25, 0.3) is 0 Å². The van der Waals surface area contributed by atoms with Gasteiger partial charge < -0.3 is 9.88 Å². The first kappa shape index (κ1) is 9.40. The Morgan fingerprint density at radius 1 is 1.47 bits per heavy atom. The maximum Gasteiger partial charge on any atom is 0.106 e. The summed E-state index contributed by atoms with van der Waals surface area (Å²) >= 11 is 0. The third kappa shape index (κ3) is 1.59. The number of nitrogens with one attached hydrogen (secondary N) is 1. The van der Waals surface area contributed by atoms with Crippen molar-refractivity contribution in [3.63, 3.8) is 0 Å². The van der Waals surface area contributed by atoms with Crippen LogP contribution in [0.4, 0.5) is 0 Å². The van der Waals surface area contributed by atoms with Crippen LogP contribution in [0.3, 0.4) is 0 Å². The third-order valence-electron chi connectivity index (χ3n) is 3.82. The molecule has 1 N–H and O–H groups in total. The summed E-state index contributed by atoms with van der Waals surface area (Å²) in [6.07, 6.45) is 3.92. The Bertz CT molecular complexity index is 388. The minimum Gasteiger partial charge on any atom is -0.331 e. The summed E-state index contributed by atoms with van der Waals surface area (Å²) in [5.41, 5.74) is 3.34. The molecule has 0 amide bonds. The first-order valence-electron chi connectivity index (χ1n) is 5.94. The molecule has 1 saturated carbocycles. The highest BCUT2D eigenvalue weighted by Gasteiger charge is 2.38. The molecule has 1 fully saturated rings. The Labute approximate surface area is 90.9 Å². The van der Waals surface area contributed by atoms with Crippen molar-refractivity contribution >= 4 is 0 Å². The number of hydrogen-bond donors (Lipinski definition) is 1. The lowest BCUT2D eigenvalue weighted by molar-refractivity contribution is 0.442. The number of nitrogens with zero attached hydrogens (tertiary/aromatic N) is 2. The lowest BCUT2D eigenvalue weighted by Gasteiger charge is -2.18. The lowest BCUT2D eigenvalue weighted by Crippen LogP contribution is -2.25. The largest absolute Gasteiger partial charge is 0.331 e. The minimum absolute atomic E-state index is 0.574. The monoisotopic (exact) mass is 205 g/mol. The number of aromatic nitrogens is 2. The molecule has 15 heavy (non-hydrogen) atoms. The van der Waals surface area contributed by atoms with Gasteiger partial charge in [-0.3, -0.25) is 0 Å². The second-order valence-corrected chi connectivity index (χ2v) is 5.38. The zero-order valence-corrected chi connectivity index (χ0v) is 9.64. The van der Waals surface area contributed by atoms with Crippen molar-refractivity contribution < 1.29 is 0 Å². The summed E-state index contributed by atoms with van der Waals surface area (Å²) in [7, 11) is 0. The van der Waals surface area contributed by atoms with E-state index in [0.29, 0.717) is 5.41 Å². The Hall–Kier alpha value is -0.830. The molecular formula is C12H19N3. The highest BCUT2D eigenvalue weighted by Crippen LogP contribution is 2.46. The van der Waals surface area contributed by atoms with Crippen molar-refractivity contribution in [2.24, 2.45) is 5.41 Å². The van der Waals surface area contributed by atoms with Crippen LogP contribution < -0.4 is 5.32 Å². The van der Waals surface area contributed by atoms with Crippen LogP contribution in [0.5, 0.6) is 0 Å². The smallest absolute Gasteiger partial charge is 0.106 e. The van der Waals surface area contributed by atoms with Crippen LogP contribution >= 0.6 is 0 Å². The van der Waals surface area contributed by atoms with E-state index in [1.165, 1.54) is 36.6 Å². The summed E-state index contributed by atoms with van der Waals surface area (Å²) in [4.78, 5) is 4.66. The van der Waals surface area contributed by atoms with Gasteiger partial charge in [0.2, 0.25) is 0 Å². The van der Waals surface area contributed by atoms with Gasteiger partial charge in [0.05, 0.1) is 5.69 Å². The molecule has 0 saturated heterocycles. The number of fused-ring (bicyclic) bond motifs is 1. The van der Waals surface area contributed by atoms with E-state index >= 15 is 0 Å². The fourth-order valence-electron chi connectivity index (χ4n) is 2.47. The maximum absolute atomic E-state index is 4.66. The molecule has 82 valence electrons. The van der Waals surface area contributed by atoms with Crippen molar-refractivity contribution in [1.29, 1.82) is 0 Å². The molecule has 0 spiro atoms. The molecule has 0 bridgehead atoms. The van der Waals surface area contributed by atoms with Crippen molar-refractivity contribution in [1.82, 2.24) is 14.9 Å². The predicted molar refractivity (Wildman–Crippen MR) is 59.7 cm³/mol. The van der Waals surface area contributed by atoms with Crippen LogP contribution in [0.1, 0.15) is 37.0 Å². The van der Waals surface area contributed by atoms with E-state index in [1.807, 2.05) is 0 Å². The first-order valence-corrected chi connectivity index (χ1v) is 5.94. The van der Waals surface area contributed by atoms with Crippen molar-refractivity contribution in [3.8, 4) is 0 Å². The molecule has 0 radical (unpaired) electrons. The van der Waals surface area contributed by atoms with Gasteiger partial charge in [-0.05, 0) is 25.2 Å². The van der Waals surface area contributed by atoms with Gasteiger partial charge in [-0.15, -0.1) is 0 Å². The van der Waals surface area contributed by atoms with Gasteiger partial charge in [0, 0.05) is 31.7 Å². The van der Waals surface area contributed by atoms with E-state index in [9.17, 15) is 0 Å². The fraction of sp³-hybridized carbons (Fsp3) is 0.750. The highest BCUT2D eigenvalue weighted by molar-refractivity contribution is 5.20. The van der Waals surface area contributed by atoms with Crippen molar-refractivity contribution in [3.05, 3.63) is 17.2 Å². The summed E-state index contributed by atoms with van der Waals surface area (Å²) in [5, 5.41) is 3.38. The zero-order chi connectivity index (χ0) is 10.5. The average molecular weight is 205 g/mol. The van der Waals surface area contributed by atoms with Crippen LogP contribution in [-0.2, 0) is 19.5 Å². The van der Waals surface area contributed by atoms with E-state index in [4.69, 9.17) is 0 Å². The van der Waals surface area contributed by atoms with Crippen LogP contribution in [0.2, 0.25) is 0 Å². The Kier molecular flexibility index (Phi) is 1.93. The molecule has 0 unspecified atom stereocenters. The fourth-order valence-corrected chi connectivity index (χ4v) is 2.47. The summed E-state index contributed by atoms with van der Waals surface area (Å²) in [6, 6.07) is 0. The summed E-state index contributed by atoms with van der Waals surface area (Å²) in [5.74, 6) is 1.21. The van der Waals surface area contributed by atoms with Gasteiger partial charge in [0.15, 0.2) is 0 Å². The number of imidazole rings is 1. The molecule has 3 rings (SSSR count). The van der Waals surface area contributed by atoms with Crippen molar-refractivity contribution in [2.45, 2.75) is 46.2 Å². The Morgan fingerprint density at radius 3 is 3.00 bits per heavy atom. The van der Waals surface area contributed by atoms with E-state index in [0.717, 1.165) is 19.5 Å². The molecule has 1 aliphatic heterocycles. The van der Waals surface area contributed by atoms with Gasteiger partial charge >= 0.3 is 0 Å². The molecule has 2 aliphatic rings. The molecule has 0 atom stereocenters. The Morgan fingerprint density at radius 2 is 2.27 bits per heavy atom. The normalized spacial score (nSPS) is 22.5. The molecule has 1 aromatic heterocycles. The number of rotatable bonds is 2. The lowest BCUT2D eigenvalue weighted by atomic mass is 10.1. The van der Waals surface area contributed by atoms with E-state index in [-0.39, 0.29) is 0 Å². The minimum atomic E-state index is 0.574. The highest BCUT2D eigenvalue weighted by atomic mass is 15.1. The molecule has 3 nitrogen and oxygen atoms in total. The standard InChI is InChI=1S/C12H19N3/c1-9-14-10-7-13-6-3-11(10)15(9)8-12(2)4-5-12/h13H,3-8H2,1-2H3. The van der Waals surface area contributed by atoms with Gasteiger partial charge in [0.1, 0.15) is 5.82 Å². The summed E-state index contributed by atoms with van der Waals surface area (Å²) < 4.78 is 2.46. The number of aryl methyl sites for hydroxylation is 1. The molecular weight excluding hydrogens is 186 g/mol. The van der Waals surface area contributed by atoms with Crippen LogP contribution in [0, 0.1) is 12.3 Å². The molecule has 2 heterocycles.